The summed E-state index contributed by atoms with van der Waals surface area (Å²) in [6.07, 6.45) is 5.41. The van der Waals surface area contributed by atoms with Crippen molar-refractivity contribution in [3.8, 4) is 21.8 Å². The predicted octanol–water partition coefficient (Wildman–Crippen LogP) is 8.22. The number of rotatable bonds is 2. The standard InChI is InChI=1S/C28H22N2OS/c1-28(2,3)22-13-20(12-17-6-4-5-7-21(17)22)26-27-19(8-10-29-26)15-25(32-27)23-14-18-9-11-31-24(18)16-30-23/h4-16H,1-3H3. The van der Waals surface area contributed by atoms with Gasteiger partial charge < -0.3 is 4.42 Å². The van der Waals surface area contributed by atoms with Gasteiger partial charge in [0, 0.05) is 17.1 Å². The second-order valence-electron chi connectivity index (χ2n) is 9.21. The SMILES string of the molecule is CC(C)(C)c1cc(-c2nccc3cc(-c4cc5ccoc5cn4)sc23)cc2ccccc12. The zero-order chi connectivity index (χ0) is 21.9. The maximum Gasteiger partial charge on any atom is 0.152 e. The summed E-state index contributed by atoms with van der Waals surface area (Å²) in [5.41, 5.74) is 5.33. The summed E-state index contributed by atoms with van der Waals surface area (Å²) in [4.78, 5) is 10.6. The first-order valence-electron chi connectivity index (χ1n) is 10.7. The van der Waals surface area contributed by atoms with E-state index in [-0.39, 0.29) is 5.41 Å². The fourth-order valence-electron chi connectivity index (χ4n) is 4.37. The number of nitrogens with zero attached hydrogens (tertiary/aromatic N) is 2. The number of hydrogen-bond acceptors (Lipinski definition) is 4. The topological polar surface area (TPSA) is 38.9 Å². The van der Waals surface area contributed by atoms with Crippen molar-refractivity contribution in [3.05, 3.63) is 84.9 Å². The summed E-state index contributed by atoms with van der Waals surface area (Å²) in [6.45, 7) is 6.81. The van der Waals surface area contributed by atoms with Gasteiger partial charge in [-0.1, -0.05) is 45.0 Å². The molecule has 0 spiro atoms. The van der Waals surface area contributed by atoms with E-state index >= 15 is 0 Å². The first-order valence-corrected chi connectivity index (χ1v) is 11.5. The van der Waals surface area contributed by atoms with Gasteiger partial charge in [0.25, 0.3) is 0 Å². The molecule has 0 saturated heterocycles. The molecule has 0 aliphatic carbocycles. The van der Waals surface area contributed by atoms with E-state index in [2.05, 4.69) is 80.4 Å². The van der Waals surface area contributed by atoms with E-state index in [1.165, 1.54) is 26.4 Å². The highest BCUT2D eigenvalue weighted by molar-refractivity contribution is 7.22. The monoisotopic (exact) mass is 434 g/mol. The van der Waals surface area contributed by atoms with Crippen LogP contribution in [0.4, 0.5) is 0 Å². The Morgan fingerprint density at radius 2 is 1.72 bits per heavy atom. The molecule has 4 heteroatoms. The molecule has 0 amide bonds. The number of furan rings is 1. The van der Waals surface area contributed by atoms with Crippen LogP contribution in [0.2, 0.25) is 0 Å². The molecule has 0 unspecified atom stereocenters. The van der Waals surface area contributed by atoms with Crippen LogP contribution in [0, 0.1) is 0 Å². The Hall–Kier alpha value is -3.50. The Bertz CT molecular complexity index is 1620. The molecule has 6 aromatic rings. The fourth-order valence-corrected chi connectivity index (χ4v) is 5.50. The highest BCUT2D eigenvalue weighted by Gasteiger charge is 2.20. The van der Waals surface area contributed by atoms with Gasteiger partial charge in [0.15, 0.2) is 5.58 Å². The molecular weight excluding hydrogens is 412 g/mol. The summed E-state index contributed by atoms with van der Waals surface area (Å²) in [5, 5.41) is 4.81. The van der Waals surface area contributed by atoms with Crippen LogP contribution < -0.4 is 0 Å². The van der Waals surface area contributed by atoms with E-state index in [9.17, 15) is 0 Å². The van der Waals surface area contributed by atoms with Crippen molar-refractivity contribution < 1.29 is 4.42 Å². The lowest BCUT2D eigenvalue weighted by molar-refractivity contribution is 0.596. The summed E-state index contributed by atoms with van der Waals surface area (Å²) in [7, 11) is 0. The van der Waals surface area contributed by atoms with Crippen molar-refractivity contribution in [1.29, 1.82) is 0 Å². The van der Waals surface area contributed by atoms with Crippen molar-refractivity contribution in [2.45, 2.75) is 26.2 Å². The van der Waals surface area contributed by atoms with E-state index in [0.717, 1.165) is 32.8 Å². The summed E-state index contributed by atoms with van der Waals surface area (Å²) < 4.78 is 6.64. The molecule has 0 fully saturated rings. The minimum Gasteiger partial charge on any atom is -0.463 e. The van der Waals surface area contributed by atoms with Crippen LogP contribution in [0.3, 0.4) is 0 Å². The Morgan fingerprint density at radius 1 is 0.844 bits per heavy atom. The molecule has 0 bridgehead atoms. The van der Waals surface area contributed by atoms with Crippen LogP contribution in [0.15, 0.2) is 83.7 Å². The number of fused-ring (bicyclic) bond motifs is 3. The molecule has 32 heavy (non-hydrogen) atoms. The second kappa shape index (κ2) is 7.01. The van der Waals surface area contributed by atoms with Gasteiger partial charge >= 0.3 is 0 Å². The van der Waals surface area contributed by atoms with E-state index in [0.29, 0.717) is 0 Å². The molecular formula is C28H22N2OS. The van der Waals surface area contributed by atoms with Crippen LogP contribution in [0.5, 0.6) is 0 Å². The first kappa shape index (κ1) is 19.2. The highest BCUT2D eigenvalue weighted by atomic mass is 32.1. The van der Waals surface area contributed by atoms with Gasteiger partial charge in [-0.15, -0.1) is 11.3 Å². The van der Waals surface area contributed by atoms with Crippen molar-refractivity contribution in [1.82, 2.24) is 9.97 Å². The predicted molar refractivity (Wildman–Crippen MR) is 134 cm³/mol. The molecule has 0 atom stereocenters. The lowest BCUT2D eigenvalue weighted by Crippen LogP contribution is -2.12. The number of hydrogen-bond donors (Lipinski definition) is 0. The molecule has 0 aliphatic rings. The molecule has 156 valence electrons. The molecule has 4 heterocycles. The Balaban J connectivity index is 1.56. The van der Waals surface area contributed by atoms with Gasteiger partial charge in [0.2, 0.25) is 0 Å². The van der Waals surface area contributed by atoms with Gasteiger partial charge in [-0.2, -0.15) is 0 Å². The van der Waals surface area contributed by atoms with Crippen LogP contribution in [0.1, 0.15) is 26.3 Å². The van der Waals surface area contributed by atoms with Crippen LogP contribution in [-0.2, 0) is 5.41 Å². The van der Waals surface area contributed by atoms with Gasteiger partial charge in [0.05, 0.1) is 33.4 Å². The zero-order valence-electron chi connectivity index (χ0n) is 18.2. The highest BCUT2D eigenvalue weighted by Crippen LogP contribution is 2.40. The molecule has 4 aromatic heterocycles. The average Bonchev–Trinajstić information content (AvgIpc) is 3.43. The Labute approximate surface area is 190 Å². The zero-order valence-corrected chi connectivity index (χ0v) is 19.0. The van der Waals surface area contributed by atoms with Crippen LogP contribution in [-0.4, -0.2) is 9.97 Å². The average molecular weight is 435 g/mol. The third-order valence-electron chi connectivity index (χ3n) is 5.97. The molecule has 2 aromatic carbocycles. The number of pyridine rings is 2. The minimum absolute atomic E-state index is 0.0358. The van der Waals surface area contributed by atoms with Crippen molar-refractivity contribution in [2.75, 3.05) is 0 Å². The van der Waals surface area contributed by atoms with E-state index in [1.807, 2.05) is 12.3 Å². The lowest BCUT2D eigenvalue weighted by atomic mass is 9.82. The fraction of sp³-hybridized carbons (Fsp3) is 0.143. The van der Waals surface area contributed by atoms with E-state index in [4.69, 9.17) is 9.40 Å². The number of aromatic nitrogens is 2. The van der Waals surface area contributed by atoms with Crippen molar-refractivity contribution in [2.24, 2.45) is 0 Å². The lowest BCUT2D eigenvalue weighted by Gasteiger charge is -2.22. The normalized spacial score (nSPS) is 12.2. The molecule has 0 saturated carbocycles. The quantitative estimate of drug-likeness (QED) is 0.275. The van der Waals surface area contributed by atoms with E-state index in [1.54, 1.807) is 23.8 Å². The van der Waals surface area contributed by atoms with Gasteiger partial charge in [0.1, 0.15) is 0 Å². The summed E-state index contributed by atoms with van der Waals surface area (Å²) in [6, 6.07) is 21.6. The third-order valence-corrected chi connectivity index (χ3v) is 7.15. The third kappa shape index (κ3) is 3.10. The van der Waals surface area contributed by atoms with Gasteiger partial charge in [-0.25, -0.2) is 0 Å². The summed E-state index contributed by atoms with van der Waals surface area (Å²) >= 11 is 1.75. The van der Waals surface area contributed by atoms with Crippen molar-refractivity contribution in [3.63, 3.8) is 0 Å². The summed E-state index contributed by atoms with van der Waals surface area (Å²) in [5.74, 6) is 0. The Kier molecular flexibility index (Phi) is 4.21. The number of thiophene rings is 1. The van der Waals surface area contributed by atoms with Crippen LogP contribution in [0.25, 0.3) is 53.7 Å². The molecule has 0 aliphatic heterocycles. The maximum atomic E-state index is 5.45. The minimum atomic E-state index is 0.0358. The second-order valence-corrected chi connectivity index (χ2v) is 10.3. The van der Waals surface area contributed by atoms with E-state index < -0.39 is 0 Å². The first-order chi connectivity index (χ1) is 15.5. The largest absolute Gasteiger partial charge is 0.463 e. The Morgan fingerprint density at radius 3 is 2.59 bits per heavy atom. The molecule has 0 radical (unpaired) electrons. The van der Waals surface area contributed by atoms with Crippen LogP contribution >= 0.6 is 11.3 Å². The smallest absolute Gasteiger partial charge is 0.152 e. The van der Waals surface area contributed by atoms with Gasteiger partial charge in [-0.3, -0.25) is 9.97 Å². The number of benzene rings is 2. The molecule has 6 rings (SSSR count). The molecule has 3 nitrogen and oxygen atoms in total. The van der Waals surface area contributed by atoms with Crippen molar-refractivity contribution >= 4 is 43.2 Å². The molecule has 0 N–H and O–H groups in total. The maximum absolute atomic E-state index is 5.45. The van der Waals surface area contributed by atoms with Gasteiger partial charge in [-0.05, 0) is 63.5 Å².